The van der Waals surface area contributed by atoms with Gasteiger partial charge in [0.2, 0.25) is 5.91 Å². The van der Waals surface area contributed by atoms with Crippen molar-refractivity contribution >= 4 is 55.6 Å². The van der Waals surface area contributed by atoms with Gasteiger partial charge in [-0.05, 0) is 47.1 Å². The van der Waals surface area contributed by atoms with Gasteiger partial charge in [0.15, 0.2) is 0 Å². The Morgan fingerprint density at radius 1 is 1.25 bits per heavy atom. The molecule has 0 unspecified atom stereocenters. The van der Waals surface area contributed by atoms with Crippen LogP contribution in [0.3, 0.4) is 0 Å². The number of benzene rings is 2. The average molecular weight is 479 g/mol. The molecule has 0 saturated heterocycles. The van der Waals surface area contributed by atoms with Crippen molar-refractivity contribution in [1.82, 2.24) is 0 Å². The lowest BCUT2D eigenvalue weighted by atomic mass is 10.1. The van der Waals surface area contributed by atoms with E-state index in [1.54, 1.807) is 24.3 Å². The van der Waals surface area contributed by atoms with E-state index in [0.29, 0.717) is 20.6 Å². The average Bonchev–Trinajstić information content (AvgIpc) is 2.55. The van der Waals surface area contributed by atoms with E-state index >= 15 is 0 Å². The molecule has 2 aromatic carbocycles. The summed E-state index contributed by atoms with van der Waals surface area (Å²) in [5, 5.41) is 16.7. The Morgan fingerprint density at radius 2 is 1.83 bits per heavy atom. The second kappa shape index (κ2) is 11.2. The van der Waals surface area contributed by atoms with Crippen molar-refractivity contribution in [3.8, 4) is 5.75 Å². The summed E-state index contributed by atoms with van der Waals surface area (Å²) in [7, 11) is 0. The van der Waals surface area contributed by atoms with Crippen molar-refractivity contribution < 1.29 is 9.90 Å². The lowest BCUT2D eigenvalue weighted by molar-refractivity contribution is 0.100. The fraction of sp³-hybridized carbons (Fsp3) is 0.176. The molecule has 0 aromatic heterocycles. The summed E-state index contributed by atoms with van der Waals surface area (Å²) in [6.45, 7) is 5.88. The molecule has 1 amide bonds. The Kier molecular flexibility index (Phi) is 10.6. The zero-order chi connectivity index (χ0) is 18.9. The third-order valence-corrected chi connectivity index (χ3v) is 3.99. The van der Waals surface area contributed by atoms with E-state index < -0.39 is 5.91 Å². The Bertz CT molecular complexity index is 722. The first-order valence-electron chi connectivity index (χ1n) is 7.00. The van der Waals surface area contributed by atoms with Crippen molar-refractivity contribution in [2.24, 2.45) is 5.73 Å². The topological polar surface area (TPSA) is 87.2 Å². The maximum absolute atomic E-state index is 10.7. The molecule has 7 heteroatoms. The lowest BCUT2D eigenvalue weighted by Gasteiger charge is -2.01. The van der Waals surface area contributed by atoms with Gasteiger partial charge in [0, 0.05) is 16.3 Å². The number of nitrogens with two attached hydrogens (primary N) is 1. The number of aryl methyl sites for hydroxylation is 1. The van der Waals surface area contributed by atoms with Crippen LogP contribution in [-0.2, 0) is 0 Å². The summed E-state index contributed by atoms with van der Waals surface area (Å²) < 4.78 is 1.42. The first-order chi connectivity index (χ1) is 11.3. The summed E-state index contributed by atoms with van der Waals surface area (Å²) >= 11 is 12.1. The van der Waals surface area contributed by atoms with Crippen LogP contribution in [0, 0.1) is 12.3 Å². The molecule has 0 heterocycles. The highest BCUT2D eigenvalue weighted by atomic mass is 79.9. The second-order valence-electron chi connectivity index (χ2n) is 4.32. The highest BCUT2D eigenvalue weighted by Crippen LogP contribution is 2.30. The molecule has 2 aromatic rings. The molecule has 2 rings (SSSR count). The fourth-order valence-corrected chi connectivity index (χ4v) is 2.99. The number of carbonyl (C=O) groups is 1. The molecule has 4 N–H and O–H groups in total. The van der Waals surface area contributed by atoms with Gasteiger partial charge in [-0.1, -0.05) is 53.0 Å². The van der Waals surface area contributed by atoms with E-state index in [1.807, 2.05) is 26.8 Å². The van der Waals surface area contributed by atoms with Gasteiger partial charge in [0.05, 0.1) is 15.1 Å². The molecule has 24 heavy (non-hydrogen) atoms. The maximum atomic E-state index is 10.7. The van der Waals surface area contributed by atoms with Crippen molar-refractivity contribution in [2.45, 2.75) is 20.8 Å². The van der Waals surface area contributed by atoms with Crippen LogP contribution in [-0.4, -0.2) is 17.2 Å². The minimum Gasteiger partial charge on any atom is -0.506 e. The molecule has 0 spiro atoms. The van der Waals surface area contributed by atoms with Gasteiger partial charge in [-0.15, -0.1) is 0 Å². The number of phenols is 1. The molecule has 0 aliphatic rings. The van der Waals surface area contributed by atoms with E-state index in [-0.39, 0.29) is 5.75 Å². The van der Waals surface area contributed by atoms with Crippen LogP contribution in [0.1, 0.15) is 35.3 Å². The Balaban J connectivity index is 0.000000400. The van der Waals surface area contributed by atoms with Crippen LogP contribution in [0.4, 0.5) is 0 Å². The number of hydrogen-bond acceptors (Lipinski definition) is 3. The van der Waals surface area contributed by atoms with Crippen LogP contribution in [0.25, 0.3) is 0 Å². The number of nitrogens with one attached hydrogen (secondary N) is 1. The Labute approximate surface area is 163 Å². The molecular weight excluding hydrogens is 459 g/mol. The first-order valence-corrected chi connectivity index (χ1v) is 8.97. The number of amides is 1. The Hall–Kier alpha value is -1.37. The SMILES string of the molecule is CC.Cc1ccc(Cl)c(C(N)=O)c1.N=Cc1cc(Br)cc(Br)c1O. The fourth-order valence-electron chi connectivity index (χ4n) is 1.52. The third-order valence-electron chi connectivity index (χ3n) is 2.60. The van der Waals surface area contributed by atoms with Gasteiger partial charge in [-0.3, -0.25) is 4.79 Å². The molecule has 0 bridgehead atoms. The summed E-state index contributed by atoms with van der Waals surface area (Å²) in [5.74, 6) is -0.387. The normalized spacial score (nSPS) is 9.08. The van der Waals surface area contributed by atoms with Crippen molar-refractivity contribution in [1.29, 1.82) is 5.41 Å². The van der Waals surface area contributed by atoms with Gasteiger partial charge in [0.1, 0.15) is 5.75 Å². The predicted octanol–water partition coefficient (Wildman–Crippen LogP) is 5.69. The monoisotopic (exact) mass is 476 g/mol. The van der Waals surface area contributed by atoms with E-state index in [1.165, 1.54) is 0 Å². The molecule has 0 aliphatic heterocycles. The predicted molar refractivity (Wildman–Crippen MR) is 107 cm³/mol. The van der Waals surface area contributed by atoms with Gasteiger partial charge in [-0.25, -0.2) is 0 Å². The molecule has 130 valence electrons. The van der Waals surface area contributed by atoms with Crippen molar-refractivity contribution in [3.05, 3.63) is 61.0 Å². The first kappa shape index (κ1) is 22.6. The largest absolute Gasteiger partial charge is 0.506 e. The lowest BCUT2D eigenvalue weighted by Crippen LogP contribution is -2.11. The molecule has 0 aliphatic carbocycles. The van der Waals surface area contributed by atoms with Gasteiger partial charge >= 0.3 is 0 Å². The number of primary amides is 1. The molecule has 0 fully saturated rings. The zero-order valence-electron chi connectivity index (χ0n) is 13.5. The highest BCUT2D eigenvalue weighted by molar-refractivity contribution is 9.11. The van der Waals surface area contributed by atoms with Crippen LogP contribution < -0.4 is 5.73 Å². The van der Waals surface area contributed by atoms with Gasteiger partial charge in [-0.2, -0.15) is 0 Å². The number of aromatic hydroxyl groups is 1. The smallest absolute Gasteiger partial charge is 0.250 e. The Morgan fingerprint density at radius 3 is 2.29 bits per heavy atom. The summed E-state index contributed by atoms with van der Waals surface area (Å²) in [6.07, 6.45) is 1.10. The standard InChI is InChI=1S/C8H8ClNO.C7H5Br2NO.C2H6/c1-5-2-3-7(9)6(4-5)8(10)11;8-5-1-4(3-10)7(11)6(9)2-5;1-2/h2-4H,1H3,(H2,10,11);1-3,10-11H;1-2H3. The van der Waals surface area contributed by atoms with E-state index in [2.05, 4.69) is 31.9 Å². The zero-order valence-corrected chi connectivity index (χ0v) is 17.5. The van der Waals surface area contributed by atoms with E-state index in [0.717, 1.165) is 16.3 Å². The summed E-state index contributed by atoms with van der Waals surface area (Å²) in [5.41, 5.74) is 6.91. The van der Waals surface area contributed by atoms with E-state index in [4.69, 9.17) is 22.7 Å². The number of hydrogen-bond donors (Lipinski definition) is 3. The summed E-state index contributed by atoms with van der Waals surface area (Å²) in [6, 6.07) is 8.56. The molecule has 0 atom stereocenters. The van der Waals surface area contributed by atoms with Crippen molar-refractivity contribution in [2.75, 3.05) is 0 Å². The molecule has 4 nitrogen and oxygen atoms in total. The number of halogens is 3. The maximum Gasteiger partial charge on any atom is 0.250 e. The van der Waals surface area contributed by atoms with E-state index in [9.17, 15) is 9.90 Å². The number of carbonyl (C=O) groups excluding carboxylic acids is 1. The van der Waals surface area contributed by atoms with Gasteiger partial charge in [0.25, 0.3) is 0 Å². The minimum absolute atomic E-state index is 0.100. The minimum atomic E-state index is -0.487. The highest BCUT2D eigenvalue weighted by Gasteiger charge is 2.05. The summed E-state index contributed by atoms with van der Waals surface area (Å²) in [4.78, 5) is 10.7. The van der Waals surface area contributed by atoms with Crippen molar-refractivity contribution in [3.63, 3.8) is 0 Å². The van der Waals surface area contributed by atoms with Crippen LogP contribution in [0.2, 0.25) is 5.02 Å². The number of rotatable bonds is 2. The van der Waals surface area contributed by atoms with Gasteiger partial charge < -0.3 is 16.2 Å². The molecule has 0 radical (unpaired) electrons. The quantitative estimate of drug-likeness (QED) is 0.484. The molecular formula is C17H19Br2ClN2O2. The number of phenolic OH excluding ortho intramolecular Hbond substituents is 1. The van der Waals surface area contributed by atoms with Crippen LogP contribution in [0.15, 0.2) is 39.3 Å². The second-order valence-corrected chi connectivity index (χ2v) is 6.49. The third kappa shape index (κ3) is 7.03. The molecule has 0 saturated carbocycles. The van der Waals surface area contributed by atoms with Crippen LogP contribution >= 0.6 is 43.5 Å². The van der Waals surface area contributed by atoms with Crippen LogP contribution in [0.5, 0.6) is 5.75 Å².